The molecule has 0 aliphatic heterocycles. The first-order valence-corrected chi connectivity index (χ1v) is 6.35. The third kappa shape index (κ3) is 3.21. The highest BCUT2D eigenvalue weighted by Gasteiger charge is 2.37. The van der Waals surface area contributed by atoms with Crippen LogP contribution in [0.3, 0.4) is 0 Å². The van der Waals surface area contributed by atoms with Crippen molar-refractivity contribution in [3.8, 4) is 6.07 Å². The molecule has 1 aromatic rings. The minimum Gasteiger partial charge on any atom is -0.316 e. The highest BCUT2D eigenvalue weighted by molar-refractivity contribution is 7.91. The van der Waals surface area contributed by atoms with E-state index >= 15 is 0 Å². The Morgan fingerprint density at radius 3 is 2.17 bits per heavy atom. The number of alkyl halides is 3. The molecular formula is C10H9F3N2O2S. The van der Waals surface area contributed by atoms with Gasteiger partial charge in [0.05, 0.1) is 11.0 Å². The molecule has 0 aliphatic carbocycles. The lowest BCUT2D eigenvalue weighted by Crippen LogP contribution is -2.28. The summed E-state index contributed by atoms with van der Waals surface area (Å²) in [5.41, 5.74) is 4.73. The van der Waals surface area contributed by atoms with Crippen LogP contribution in [0, 0.1) is 11.3 Å². The van der Waals surface area contributed by atoms with Gasteiger partial charge >= 0.3 is 6.18 Å². The average molecular weight is 278 g/mol. The lowest BCUT2D eigenvalue weighted by molar-refractivity contribution is -0.149. The smallest absolute Gasteiger partial charge is 0.316 e. The first-order valence-electron chi connectivity index (χ1n) is 4.70. The third-order valence-electron chi connectivity index (χ3n) is 2.21. The van der Waals surface area contributed by atoms with Gasteiger partial charge in [0, 0.05) is 0 Å². The number of nitrogens with two attached hydrogens (primary N) is 1. The lowest BCUT2D eigenvalue weighted by Gasteiger charge is -2.15. The van der Waals surface area contributed by atoms with E-state index in [9.17, 15) is 21.6 Å². The van der Waals surface area contributed by atoms with Crippen LogP contribution in [0.15, 0.2) is 29.2 Å². The van der Waals surface area contributed by atoms with Gasteiger partial charge in [-0.1, -0.05) is 12.1 Å². The van der Waals surface area contributed by atoms with Crippen molar-refractivity contribution in [2.45, 2.75) is 17.1 Å². The number of hydrogen-bond acceptors (Lipinski definition) is 4. The molecule has 0 aromatic heterocycles. The van der Waals surface area contributed by atoms with Crippen molar-refractivity contribution in [3.63, 3.8) is 0 Å². The van der Waals surface area contributed by atoms with Crippen LogP contribution in [-0.4, -0.2) is 20.3 Å². The molecule has 0 radical (unpaired) electrons. The van der Waals surface area contributed by atoms with Crippen molar-refractivity contribution in [3.05, 3.63) is 29.8 Å². The predicted molar refractivity (Wildman–Crippen MR) is 57.1 cm³/mol. The summed E-state index contributed by atoms with van der Waals surface area (Å²) in [4.78, 5) is -0.206. The van der Waals surface area contributed by atoms with Gasteiger partial charge in [-0.05, 0) is 17.7 Å². The Labute approximate surface area is 102 Å². The molecule has 0 saturated heterocycles. The Morgan fingerprint density at radius 2 is 1.78 bits per heavy atom. The van der Waals surface area contributed by atoms with Gasteiger partial charge in [0.1, 0.15) is 11.8 Å². The van der Waals surface area contributed by atoms with Crippen molar-refractivity contribution in [1.82, 2.24) is 0 Å². The van der Waals surface area contributed by atoms with Gasteiger partial charge in [0.15, 0.2) is 9.84 Å². The molecule has 98 valence electrons. The normalized spacial score (nSPS) is 13.9. The molecule has 8 heteroatoms. The second-order valence-corrected chi connectivity index (χ2v) is 5.50. The van der Waals surface area contributed by atoms with E-state index < -0.39 is 27.8 Å². The van der Waals surface area contributed by atoms with Crippen LogP contribution >= 0.6 is 0 Å². The fourth-order valence-corrected chi connectivity index (χ4v) is 2.13. The zero-order chi connectivity index (χ0) is 14.0. The summed E-state index contributed by atoms with van der Waals surface area (Å²) in [6.45, 7) is 0. The van der Waals surface area contributed by atoms with Crippen LogP contribution in [0.25, 0.3) is 0 Å². The number of halogens is 3. The molecule has 0 heterocycles. The van der Waals surface area contributed by atoms with Crippen LogP contribution in [-0.2, 0) is 9.84 Å². The standard InChI is InChI=1S/C10H9F3N2O2S/c11-10(12,13)9(15)7-1-3-8(4-2-7)18(16,17)6-5-14/h1-4,9H,6,15H2/t9-/m0/s1. The maximum Gasteiger partial charge on any atom is 0.407 e. The number of sulfone groups is 1. The van der Waals surface area contributed by atoms with Crippen LogP contribution in [0.2, 0.25) is 0 Å². The second kappa shape index (κ2) is 4.96. The van der Waals surface area contributed by atoms with Gasteiger partial charge in [-0.25, -0.2) is 8.42 Å². The molecular weight excluding hydrogens is 269 g/mol. The van der Waals surface area contributed by atoms with Gasteiger partial charge in [-0.2, -0.15) is 18.4 Å². The summed E-state index contributed by atoms with van der Waals surface area (Å²) < 4.78 is 59.8. The topological polar surface area (TPSA) is 84.0 Å². The molecule has 4 nitrogen and oxygen atoms in total. The zero-order valence-electron chi connectivity index (χ0n) is 8.98. The second-order valence-electron chi connectivity index (χ2n) is 3.51. The molecule has 0 spiro atoms. The molecule has 0 bridgehead atoms. The van der Waals surface area contributed by atoms with Crippen molar-refractivity contribution in [1.29, 1.82) is 5.26 Å². The van der Waals surface area contributed by atoms with Gasteiger partial charge in [-0.3, -0.25) is 0 Å². The summed E-state index contributed by atoms with van der Waals surface area (Å²) in [6.07, 6.45) is -4.59. The lowest BCUT2D eigenvalue weighted by atomic mass is 10.1. The van der Waals surface area contributed by atoms with Crippen molar-refractivity contribution >= 4 is 9.84 Å². The molecule has 1 atom stereocenters. The first-order chi connectivity index (χ1) is 8.18. The van der Waals surface area contributed by atoms with Crippen LogP contribution in [0.1, 0.15) is 11.6 Å². The summed E-state index contributed by atoms with van der Waals surface area (Å²) >= 11 is 0. The molecule has 18 heavy (non-hydrogen) atoms. The minimum absolute atomic E-state index is 0.206. The fraction of sp³-hybridized carbons (Fsp3) is 0.300. The van der Waals surface area contributed by atoms with Gasteiger partial charge in [-0.15, -0.1) is 0 Å². The first kappa shape index (κ1) is 14.5. The highest BCUT2D eigenvalue weighted by Crippen LogP contribution is 2.30. The highest BCUT2D eigenvalue weighted by atomic mass is 32.2. The van der Waals surface area contributed by atoms with E-state index in [4.69, 9.17) is 11.0 Å². The Morgan fingerprint density at radius 1 is 1.28 bits per heavy atom. The van der Waals surface area contributed by atoms with E-state index in [-0.39, 0.29) is 10.5 Å². The number of rotatable bonds is 3. The van der Waals surface area contributed by atoms with E-state index in [0.717, 1.165) is 24.3 Å². The van der Waals surface area contributed by atoms with Crippen LogP contribution < -0.4 is 5.73 Å². The van der Waals surface area contributed by atoms with Gasteiger partial charge in [0.2, 0.25) is 0 Å². The van der Waals surface area contributed by atoms with Crippen molar-refractivity contribution in [2.24, 2.45) is 5.73 Å². The SMILES string of the molecule is N#CCS(=O)(=O)c1ccc([C@H](N)C(F)(F)F)cc1. The van der Waals surface area contributed by atoms with Crippen LogP contribution in [0.4, 0.5) is 13.2 Å². The number of benzene rings is 1. The Balaban J connectivity index is 3.05. The van der Waals surface area contributed by atoms with E-state index in [1.165, 1.54) is 6.07 Å². The maximum atomic E-state index is 12.3. The Bertz CT molecular complexity index is 558. The molecule has 0 fully saturated rings. The summed E-state index contributed by atoms with van der Waals surface area (Å²) in [6, 6.07) is 3.31. The summed E-state index contributed by atoms with van der Waals surface area (Å²) in [7, 11) is -3.77. The molecule has 1 rings (SSSR count). The fourth-order valence-electron chi connectivity index (χ4n) is 1.24. The number of hydrogen-bond donors (Lipinski definition) is 1. The molecule has 0 aliphatic rings. The maximum absolute atomic E-state index is 12.3. The van der Waals surface area contributed by atoms with Crippen LogP contribution in [0.5, 0.6) is 0 Å². The number of nitrogens with zero attached hydrogens (tertiary/aromatic N) is 1. The summed E-state index contributed by atoms with van der Waals surface area (Å²) in [5, 5.41) is 8.31. The van der Waals surface area contributed by atoms with E-state index in [1.807, 2.05) is 0 Å². The molecule has 0 amide bonds. The van der Waals surface area contributed by atoms with Gasteiger partial charge < -0.3 is 5.73 Å². The zero-order valence-corrected chi connectivity index (χ0v) is 9.79. The quantitative estimate of drug-likeness (QED) is 0.909. The molecule has 2 N–H and O–H groups in total. The van der Waals surface area contributed by atoms with E-state index in [1.54, 1.807) is 0 Å². The minimum atomic E-state index is -4.59. The molecule has 1 aromatic carbocycles. The van der Waals surface area contributed by atoms with Gasteiger partial charge in [0.25, 0.3) is 0 Å². The monoisotopic (exact) mass is 278 g/mol. The predicted octanol–water partition coefficient (Wildman–Crippen LogP) is 1.55. The Hall–Kier alpha value is -1.59. The van der Waals surface area contributed by atoms with Crippen molar-refractivity contribution < 1.29 is 21.6 Å². The number of nitriles is 1. The summed E-state index contributed by atoms with van der Waals surface area (Å²) in [5.74, 6) is -0.725. The van der Waals surface area contributed by atoms with E-state index in [2.05, 4.69) is 0 Å². The average Bonchev–Trinajstić information content (AvgIpc) is 2.27. The Kier molecular flexibility index (Phi) is 3.98. The molecule has 0 unspecified atom stereocenters. The van der Waals surface area contributed by atoms with Crippen molar-refractivity contribution in [2.75, 3.05) is 5.75 Å². The van der Waals surface area contributed by atoms with E-state index in [0.29, 0.717) is 0 Å². The third-order valence-corrected chi connectivity index (χ3v) is 3.71. The largest absolute Gasteiger partial charge is 0.407 e. The molecule has 0 saturated carbocycles.